The van der Waals surface area contributed by atoms with Crippen molar-refractivity contribution in [3.63, 3.8) is 0 Å². The lowest BCUT2D eigenvalue weighted by molar-refractivity contribution is -0.145. The standard InChI is InChI=1S/C29H35N9O4/c1-5-6-14-37-24-25(34-28(37)36-13-9-10-20(15-36)31-17-42-27(40)18(2)30)35(4)29(41)38(26(24)39)16-23-32-19(3)21-11-7-8-12-22(21)33-23/h7-8,11-12,18,20,31H,9-10,13-17,30H2,1-4H3/i20D. The van der Waals surface area contributed by atoms with Crippen molar-refractivity contribution >= 4 is 34.0 Å². The Morgan fingerprint density at radius 2 is 2.05 bits per heavy atom. The summed E-state index contributed by atoms with van der Waals surface area (Å²) in [6, 6.07) is 5.65. The SMILES string of the molecule is [2H]C1(NCOC(=O)C(C)N)CCCN(c2nc3c(c(=O)n(Cc4nc(C)c5ccccc5n4)c(=O)n3C)n2CC#CC)C1. The molecule has 5 rings (SSSR count). The van der Waals surface area contributed by atoms with Crippen LogP contribution in [0.3, 0.4) is 0 Å². The summed E-state index contributed by atoms with van der Waals surface area (Å²) in [5.41, 5.74) is 6.40. The number of esters is 1. The van der Waals surface area contributed by atoms with Crippen molar-refractivity contribution in [1.82, 2.24) is 34.0 Å². The van der Waals surface area contributed by atoms with Crippen molar-refractivity contribution < 1.29 is 10.9 Å². The van der Waals surface area contributed by atoms with Gasteiger partial charge >= 0.3 is 11.7 Å². The maximum Gasteiger partial charge on any atom is 0.332 e. The summed E-state index contributed by atoms with van der Waals surface area (Å²) in [5, 5.41) is 3.89. The summed E-state index contributed by atoms with van der Waals surface area (Å²) in [7, 11) is 1.57. The monoisotopic (exact) mass is 574 g/mol. The lowest BCUT2D eigenvalue weighted by atomic mass is 10.1. The van der Waals surface area contributed by atoms with Crippen LogP contribution in [0.1, 0.15) is 39.6 Å². The molecule has 4 heterocycles. The first kappa shape index (κ1) is 27.6. The first-order valence-electron chi connectivity index (χ1n) is 14.3. The number of carbonyl (C=O) groups is 1. The molecule has 1 aromatic carbocycles. The Labute approximate surface area is 243 Å². The third-order valence-electron chi connectivity index (χ3n) is 7.25. The molecule has 2 atom stereocenters. The number of aromatic nitrogens is 6. The van der Waals surface area contributed by atoms with Gasteiger partial charge in [-0.25, -0.2) is 14.8 Å². The smallest absolute Gasteiger partial charge is 0.332 e. The summed E-state index contributed by atoms with van der Waals surface area (Å²) >= 11 is 0. The van der Waals surface area contributed by atoms with E-state index in [0.29, 0.717) is 31.2 Å². The topological polar surface area (TPSA) is 155 Å². The second-order valence-electron chi connectivity index (χ2n) is 10.3. The minimum Gasteiger partial charge on any atom is -0.449 e. The number of hydrogen-bond acceptors (Lipinski definition) is 10. The Balaban J connectivity index is 1.54. The summed E-state index contributed by atoms with van der Waals surface area (Å²) in [4.78, 5) is 55.0. The number of ether oxygens (including phenoxy) is 1. The quantitative estimate of drug-likeness (QED) is 0.174. The van der Waals surface area contributed by atoms with Gasteiger partial charge in [0.2, 0.25) is 5.95 Å². The van der Waals surface area contributed by atoms with Gasteiger partial charge < -0.3 is 15.4 Å². The predicted molar refractivity (Wildman–Crippen MR) is 159 cm³/mol. The molecule has 0 aliphatic carbocycles. The lowest BCUT2D eigenvalue weighted by Crippen LogP contribution is -2.47. The number of nitrogens with zero attached hydrogens (tertiary/aromatic N) is 7. The van der Waals surface area contributed by atoms with E-state index in [1.165, 1.54) is 11.5 Å². The minimum atomic E-state index is -1.16. The summed E-state index contributed by atoms with van der Waals surface area (Å²) < 4.78 is 18.3. The van der Waals surface area contributed by atoms with E-state index in [2.05, 4.69) is 27.1 Å². The molecule has 3 aromatic heterocycles. The van der Waals surface area contributed by atoms with Crippen LogP contribution in [0.15, 0.2) is 33.9 Å². The second kappa shape index (κ2) is 12.1. The number of benzene rings is 1. The predicted octanol–water partition coefficient (Wildman–Crippen LogP) is 0.626. The van der Waals surface area contributed by atoms with Gasteiger partial charge in [-0.1, -0.05) is 24.1 Å². The maximum atomic E-state index is 14.0. The number of carbonyl (C=O) groups excluding carboxylic acids is 1. The number of imidazole rings is 1. The number of piperidine rings is 1. The highest BCUT2D eigenvalue weighted by atomic mass is 16.5. The zero-order valence-corrected chi connectivity index (χ0v) is 24.2. The number of para-hydroxylation sites is 1. The number of nitrogens with two attached hydrogens (primary N) is 1. The van der Waals surface area contributed by atoms with E-state index in [1.807, 2.05) is 36.1 Å². The first-order chi connectivity index (χ1) is 20.5. The number of anilines is 1. The number of rotatable bonds is 8. The molecule has 2 unspecified atom stereocenters. The van der Waals surface area contributed by atoms with Crippen LogP contribution in [0.25, 0.3) is 22.1 Å². The van der Waals surface area contributed by atoms with Crippen LogP contribution >= 0.6 is 0 Å². The molecule has 0 radical (unpaired) electrons. The first-order valence-corrected chi connectivity index (χ1v) is 13.8. The maximum absolute atomic E-state index is 14.0. The molecule has 220 valence electrons. The normalized spacial score (nSPS) is 18.0. The van der Waals surface area contributed by atoms with Crippen LogP contribution in [0.5, 0.6) is 0 Å². The van der Waals surface area contributed by atoms with Gasteiger partial charge in [0.15, 0.2) is 11.2 Å². The average Bonchev–Trinajstić information content (AvgIpc) is 3.37. The number of hydrogen-bond donors (Lipinski definition) is 2. The zero-order valence-electron chi connectivity index (χ0n) is 25.2. The zero-order chi connectivity index (χ0) is 30.9. The van der Waals surface area contributed by atoms with Crippen molar-refractivity contribution in [1.29, 1.82) is 0 Å². The molecule has 1 fully saturated rings. The summed E-state index contributed by atoms with van der Waals surface area (Å²) in [6.07, 6.45) is 1.15. The molecule has 1 aliphatic rings. The fourth-order valence-electron chi connectivity index (χ4n) is 5.08. The molecule has 42 heavy (non-hydrogen) atoms. The Morgan fingerprint density at radius 1 is 1.26 bits per heavy atom. The van der Waals surface area contributed by atoms with E-state index in [4.69, 9.17) is 16.8 Å². The van der Waals surface area contributed by atoms with E-state index in [-0.39, 0.29) is 37.5 Å². The van der Waals surface area contributed by atoms with E-state index in [9.17, 15) is 14.4 Å². The Bertz CT molecular complexity index is 1880. The average molecular weight is 575 g/mol. The second-order valence-corrected chi connectivity index (χ2v) is 10.3. The van der Waals surface area contributed by atoms with Crippen LogP contribution in [0.4, 0.5) is 5.95 Å². The molecule has 1 aliphatic heterocycles. The molecule has 13 heteroatoms. The van der Waals surface area contributed by atoms with Gasteiger partial charge in [0.1, 0.15) is 18.6 Å². The molecule has 3 N–H and O–H groups in total. The van der Waals surface area contributed by atoms with E-state index in [0.717, 1.165) is 21.2 Å². The Kier molecular flexibility index (Phi) is 7.98. The van der Waals surface area contributed by atoms with Crippen LogP contribution in [-0.4, -0.2) is 66.5 Å². The molecular weight excluding hydrogens is 538 g/mol. The molecule has 1 saturated heterocycles. The number of aryl methyl sites for hydroxylation is 2. The third kappa shape index (κ3) is 5.63. The molecule has 0 bridgehead atoms. The van der Waals surface area contributed by atoms with E-state index in [1.54, 1.807) is 18.5 Å². The Morgan fingerprint density at radius 3 is 2.81 bits per heavy atom. The lowest BCUT2D eigenvalue weighted by Gasteiger charge is -2.34. The van der Waals surface area contributed by atoms with Crippen molar-refractivity contribution in [2.75, 3.05) is 24.7 Å². The van der Waals surface area contributed by atoms with Crippen molar-refractivity contribution in [2.24, 2.45) is 12.8 Å². The molecule has 0 spiro atoms. The van der Waals surface area contributed by atoms with Crippen LogP contribution < -0.4 is 27.2 Å². The van der Waals surface area contributed by atoms with Gasteiger partial charge in [-0.2, -0.15) is 4.98 Å². The van der Waals surface area contributed by atoms with Crippen LogP contribution in [-0.2, 0) is 29.7 Å². The van der Waals surface area contributed by atoms with Gasteiger partial charge in [-0.3, -0.25) is 28.6 Å². The number of nitrogens with one attached hydrogen (secondary N) is 1. The Hall–Kier alpha value is -4.54. The largest absolute Gasteiger partial charge is 0.449 e. The van der Waals surface area contributed by atoms with Gasteiger partial charge in [0, 0.05) is 38.6 Å². The van der Waals surface area contributed by atoms with Crippen LogP contribution in [0, 0.1) is 18.8 Å². The minimum absolute atomic E-state index is 0.114. The molecule has 0 amide bonds. The summed E-state index contributed by atoms with van der Waals surface area (Å²) in [6.45, 7) is 5.74. The number of fused-ring (bicyclic) bond motifs is 2. The van der Waals surface area contributed by atoms with Crippen molar-refractivity contribution in [3.8, 4) is 11.8 Å². The highest BCUT2D eigenvalue weighted by Crippen LogP contribution is 2.23. The summed E-state index contributed by atoms with van der Waals surface area (Å²) in [5.74, 6) is 6.08. The molecule has 0 saturated carbocycles. The molecular formula is C29H35N9O4. The third-order valence-corrected chi connectivity index (χ3v) is 7.25. The fourth-order valence-corrected chi connectivity index (χ4v) is 5.08. The van der Waals surface area contributed by atoms with Gasteiger partial charge in [0.05, 0.1) is 18.6 Å². The van der Waals surface area contributed by atoms with Crippen molar-refractivity contribution in [2.45, 2.75) is 58.8 Å². The highest BCUT2D eigenvalue weighted by Gasteiger charge is 2.27. The highest BCUT2D eigenvalue weighted by molar-refractivity contribution is 5.80. The van der Waals surface area contributed by atoms with E-state index >= 15 is 0 Å². The van der Waals surface area contributed by atoms with Gasteiger partial charge in [-0.15, -0.1) is 5.92 Å². The fraction of sp³-hybridized carbons (Fsp3) is 0.448. The van der Waals surface area contributed by atoms with Crippen LogP contribution in [0.2, 0.25) is 0 Å². The van der Waals surface area contributed by atoms with Gasteiger partial charge in [0.25, 0.3) is 5.56 Å². The van der Waals surface area contributed by atoms with Crippen molar-refractivity contribution in [3.05, 3.63) is 56.6 Å². The molecule has 4 aromatic rings. The van der Waals surface area contributed by atoms with E-state index < -0.39 is 29.3 Å². The van der Waals surface area contributed by atoms with Gasteiger partial charge in [-0.05, 0) is 39.7 Å². The molecule has 13 nitrogen and oxygen atoms in total.